The lowest BCUT2D eigenvalue weighted by molar-refractivity contribution is 0.0180. The Bertz CT molecular complexity index is 350. The van der Waals surface area contributed by atoms with E-state index in [0.717, 1.165) is 19.3 Å². The van der Waals surface area contributed by atoms with Gasteiger partial charge in [-0.05, 0) is 19.3 Å². The molecule has 5 heteroatoms. The lowest BCUT2D eigenvalue weighted by Gasteiger charge is -2.21. The zero-order valence-corrected chi connectivity index (χ0v) is 9.33. The van der Waals surface area contributed by atoms with Crippen LogP contribution in [0.15, 0.2) is 6.20 Å². The van der Waals surface area contributed by atoms with Crippen molar-refractivity contribution in [3.63, 3.8) is 0 Å². The first-order chi connectivity index (χ1) is 7.20. The van der Waals surface area contributed by atoms with Crippen LogP contribution in [0.1, 0.15) is 29.8 Å². The Labute approximate surface area is 93.2 Å². The topological polar surface area (TPSA) is 44.1 Å². The van der Waals surface area contributed by atoms with Crippen molar-refractivity contribution in [3.05, 3.63) is 16.9 Å². The van der Waals surface area contributed by atoms with E-state index >= 15 is 0 Å². The summed E-state index contributed by atoms with van der Waals surface area (Å²) in [6, 6.07) is 0. The molecule has 0 N–H and O–H groups in total. The van der Waals surface area contributed by atoms with Crippen LogP contribution in [-0.4, -0.2) is 28.3 Å². The van der Waals surface area contributed by atoms with Gasteiger partial charge in [0.25, 0.3) is 0 Å². The van der Waals surface area contributed by atoms with Crippen molar-refractivity contribution < 1.29 is 9.53 Å². The Hall–Kier alpha value is -0.870. The molecule has 1 fully saturated rings. The van der Waals surface area contributed by atoms with Crippen molar-refractivity contribution in [2.75, 3.05) is 6.61 Å². The monoisotopic (exact) mass is 228 g/mol. The van der Waals surface area contributed by atoms with Crippen LogP contribution in [0.4, 0.5) is 0 Å². The first kappa shape index (κ1) is 10.6. The number of aryl methyl sites for hydroxylation is 1. The maximum atomic E-state index is 12.0. The number of ether oxygens (including phenoxy) is 1. The van der Waals surface area contributed by atoms with Crippen molar-refractivity contribution in [2.45, 2.75) is 25.4 Å². The summed E-state index contributed by atoms with van der Waals surface area (Å²) in [6.07, 6.45) is 3.99. The molecule has 1 aromatic rings. The lowest BCUT2D eigenvalue weighted by Crippen LogP contribution is -2.29. The summed E-state index contributed by atoms with van der Waals surface area (Å²) in [5, 5.41) is 4.34. The minimum absolute atomic E-state index is 0.0558. The van der Waals surface area contributed by atoms with E-state index in [9.17, 15) is 4.79 Å². The van der Waals surface area contributed by atoms with Gasteiger partial charge in [0.05, 0.1) is 11.2 Å². The van der Waals surface area contributed by atoms with E-state index in [1.807, 2.05) is 0 Å². The standard InChI is InChI=1S/C10H13ClN2O2/c1-13-9(7(11)6-12-13)10(14)8-4-2-3-5-15-8/h6,8H,2-5H2,1H3. The fraction of sp³-hybridized carbons (Fsp3) is 0.600. The smallest absolute Gasteiger partial charge is 0.211 e. The van der Waals surface area contributed by atoms with Crippen LogP contribution in [0.5, 0.6) is 0 Å². The highest BCUT2D eigenvalue weighted by atomic mass is 35.5. The third-order valence-corrected chi connectivity index (χ3v) is 2.88. The lowest BCUT2D eigenvalue weighted by atomic mass is 10.0. The van der Waals surface area contributed by atoms with Crippen LogP contribution in [0.2, 0.25) is 5.02 Å². The molecule has 4 nitrogen and oxygen atoms in total. The molecule has 0 aromatic carbocycles. The minimum Gasteiger partial charge on any atom is -0.370 e. The van der Waals surface area contributed by atoms with Gasteiger partial charge in [0.1, 0.15) is 11.8 Å². The summed E-state index contributed by atoms with van der Waals surface area (Å²) in [5.41, 5.74) is 0.448. The van der Waals surface area contributed by atoms with Crippen molar-refractivity contribution in [3.8, 4) is 0 Å². The highest BCUT2D eigenvalue weighted by Crippen LogP contribution is 2.21. The van der Waals surface area contributed by atoms with Gasteiger partial charge in [-0.2, -0.15) is 5.10 Å². The first-order valence-corrected chi connectivity index (χ1v) is 5.41. The van der Waals surface area contributed by atoms with E-state index in [2.05, 4.69) is 5.10 Å². The molecule has 0 aliphatic carbocycles. The average molecular weight is 229 g/mol. The van der Waals surface area contributed by atoms with Gasteiger partial charge < -0.3 is 4.74 Å². The molecule has 1 atom stereocenters. The molecule has 1 aromatic heterocycles. The average Bonchev–Trinajstić information content (AvgIpc) is 2.59. The molecule has 0 radical (unpaired) electrons. The predicted molar refractivity (Wildman–Crippen MR) is 56.1 cm³/mol. The van der Waals surface area contributed by atoms with Crippen LogP contribution in [0, 0.1) is 0 Å². The molecule has 2 heterocycles. The van der Waals surface area contributed by atoms with Gasteiger partial charge in [-0.3, -0.25) is 9.48 Å². The number of aromatic nitrogens is 2. The molecule has 0 amide bonds. The summed E-state index contributed by atoms with van der Waals surface area (Å²) >= 11 is 5.90. The van der Waals surface area contributed by atoms with E-state index in [1.165, 1.54) is 10.9 Å². The second-order valence-electron chi connectivity index (χ2n) is 3.68. The molecule has 15 heavy (non-hydrogen) atoms. The second-order valence-corrected chi connectivity index (χ2v) is 4.09. The fourth-order valence-electron chi connectivity index (χ4n) is 1.79. The quantitative estimate of drug-likeness (QED) is 0.726. The van der Waals surface area contributed by atoms with Gasteiger partial charge in [-0.25, -0.2) is 0 Å². The molecule has 0 saturated carbocycles. The van der Waals surface area contributed by atoms with Crippen molar-refractivity contribution >= 4 is 17.4 Å². The number of hydrogen-bond acceptors (Lipinski definition) is 3. The maximum Gasteiger partial charge on any atom is 0.211 e. The number of carbonyl (C=O) groups is 1. The van der Waals surface area contributed by atoms with Crippen LogP contribution in [0.3, 0.4) is 0 Å². The second kappa shape index (κ2) is 4.33. The number of ketones is 1. The Kier molecular flexibility index (Phi) is 3.07. The highest BCUT2D eigenvalue weighted by Gasteiger charge is 2.27. The molecule has 82 valence electrons. The number of hydrogen-bond donors (Lipinski definition) is 0. The number of halogens is 1. The number of carbonyl (C=O) groups excluding carboxylic acids is 1. The molecule has 0 spiro atoms. The molecule has 1 aliphatic rings. The van der Waals surface area contributed by atoms with Gasteiger partial charge in [0.15, 0.2) is 0 Å². The molecule has 1 saturated heterocycles. The number of Topliss-reactive ketones (excluding diaryl/α,β-unsaturated/α-hetero) is 1. The molecular formula is C10H13ClN2O2. The summed E-state index contributed by atoms with van der Waals surface area (Å²) in [7, 11) is 1.71. The SMILES string of the molecule is Cn1ncc(Cl)c1C(=O)C1CCCCO1. The van der Waals surface area contributed by atoms with Crippen LogP contribution >= 0.6 is 11.6 Å². The van der Waals surface area contributed by atoms with E-state index in [4.69, 9.17) is 16.3 Å². The predicted octanol–water partition coefficient (Wildman–Crippen LogP) is 1.83. The maximum absolute atomic E-state index is 12.0. The normalized spacial score (nSPS) is 21.6. The van der Waals surface area contributed by atoms with Gasteiger partial charge in [0, 0.05) is 13.7 Å². The van der Waals surface area contributed by atoms with Crippen molar-refractivity contribution in [1.29, 1.82) is 0 Å². The Morgan fingerprint density at radius 3 is 3.00 bits per heavy atom. The van der Waals surface area contributed by atoms with Gasteiger partial charge >= 0.3 is 0 Å². The molecule has 0 bridgehead atoms. The van der Waals surface area contributed by atoms with Gasteiger partial charge in [-0.15, -0.1) is 0 Å². The summed E-state index contributed by atoms with van der Waals surface area (Å²) in [6.45, 7) is 0.659. The van der Waals surface area contributed by atoms with Gasteiger partial charge in [-0.1, -0.05) is 11.6 Å². The number of nitrogens with zero attached hydrogens (tertiary/aromatic N) is 2. The highest BCUT2D eigenvalue weighted by molar-refractivity contribution is 6.33. The Morgan fingerprint density at radius 2 is 2.47 bits per heavy atom. The summed E-state index contributed by atoms with van der Waals surface area (Å²) in [5.74, 6) is -0.0558. The van der Waals surface area contributed by atoms with Gasteiger partial charge in [0.2, 0.25) is 5.78 Å². The van der Waals surface area contributed by atoms with Crippen LogP contribution in [-0.2, 0) is 11.8 Å². The summed E-state index contributed by atoms with van der Waals surface area (Å²) < 4.78 is 6.93. The Balaban J connectivity index is 2.19. The van der Waals surface area contributed by atoms with Crippen LogP contribution in [0.25, 0.3) is 0 Å². The molecule has 2 rings (SSSR count). The van der Waals surface area contributed by atoms with E-state index < -0.39 is 0 Å². The van der Waals surface area contributed by atoms with Crippen LogP contribution < -0.4 is 0 Å². The first-order valence-electron chi connectivity index (χ1n) is 5.03. The third kappa shape index (κ3) is 2.06. The minimum atomic E-state index is -0.341. The third-order valence-electron chi connectivity index (χ3n) is 2.60. The molecule has 1 unspecified atom stereocenters. The van der Waals surface area contributed by atoms with Crippen molar-refractivity contribution in [2.24, 2.45) is 7.05 Å². The van der Waals surface area contributed by atoms with E-state index in [0.29, 0.717) is 17.3 Å². The van der Waals surface area contributed by atoms with E-state index in [-0.39, 0.29) is 11.9 Å². The van der Waals surface area contributed by atoms with Crippen molar-refractivity contribution in [1.82, 2.24) is 9.78 Å². The zero-order chi connectivity index (χ0) is 10.8. The van der Waals surface area contributed by atoms with E-state index in [1.54, 1.807) is 7.05 Å². The fourth-order valence-corrected chi connectivity index (χ4v) is 2.05. The summed E-state index contributed by atoms with van der Waals surface area (Å²) in [4.78, 5) is 12.0. The zero-order valence-electron chi connectivity index (χ0n) is 8.57. The molecular weight excluding hydrogens is 216 g/mol. The Morgan fingerprint density at radius 1 is 1.67 bits per heavy atom. The molecule has 1 aliphatic heterocycles. The number of rotatable bonds is 2. The largest absolute Gasteiger partial charge is 0.370 e.